The number of carboxylic acids is 1. The first-order valence-corrected chi connectivity index (χ1v) is 8.47. The van der Waals surface area contributed by atoms with E-state index in [2.05, 4.69) is 4.72 Å². The number of nitrogens with one attached hydrogen (secondary N) is 1. The van der Waals surface area contributed by atoms with Crippen LogP contribution in [0.25, 0.3) is 0 Å². The molecule has 1 rings (SSSR count). The Bertz CT molecular complexity index is 449. The van der Waals surface area contributed by atoms with Crippen molar-refractivity contribution in [2.24, 2.45) is 5.41 Å². The molecule has 0 bridgehead atoms. The Hall–Kier alpha value is -0.660. The van der Waals surface area contributed by atoms with Crippen molar-refractivity contribution in [1.29, 1.82) is 0 Å². The predicted molar refractivity (Wildman–Crippen MR) is 77.6 cm³/mol. The second kappa shape index (κ2) is 5.99. The second-order valence-electron chi connectivity index (χ2n) is 6.48. The van der Waals surface area contributed by atoms with E-state index in [4.69, 9.17) is 0 Å². The zero-order valence-corrected chi connectivity index (χ0v) is 13.6. The fourth-order valence-electron chi connectivity index (χ4n) is 2.06. The maximum atomic E-state index is 12.4. The van der Waals surface area contributed by atoms with Crippen LogP contribution in [0.5, 0.6) is 0 Å². The summed E-state index contributed by atoms with van der Waals surface area (Å²) < 4.78 is 28.9. The molecule has 0 unspecified atom stereocenters. The van der Waals surface area contributed by atoms with Gasteiger partial charge in [0.2, 0.25) is 0 Å². The average Bonchev–Trinajstić information content (AvgIpc) is 2.55. The molecule has 7 heteroatoms. The van der Waals surface area contributed by atoms with Crippen LogP contribution >= 0.6 is 0 Å². The molecule has 0 aromatic carbocycles. The third kappa shape index (κ3) is 3.71. The monoisotopic (exact) mass is 306 g/mol. The molecular weight excluding hydrogens is 280 g/mol. The van der Waals surface area contributed by atoms with Gasteiger partial charge >= 0.3 is 5.97 Å². The molecule has 0 aromatic rings. The van der Waals surface area contributed by atoms with E-state index in [1.165, 1.54) is 18.2 Å². The van der Waals surface area contributed by atoms with Crippen molar-refractivity contribution in [3.05, 3.63) is 0 Å². The molecule has 1 heterocycles. The summed E-state index contributed by atoms with van der Waals surface area (Å²) in [7, 11) is -3.66. The largest absolute Gasteiger partial charge is 0.481 e. The van der Waals surface area contributed by atoms with Gasteiger partial charge in [0.1, 0.15) is 0 Å². The van der Waals surface area contributed by atoms with Gasteiger partial charge in [-0.25, -0.2) is 0 Å². The Balaban J connectivity index is 2.91. The number of hydrogen-bond acceptors (Lipinski definition) is 3. The molecular formula is C13H26N2O4S. The summed E-state index contributed by atoms with van der Waals surface area (Å²) in [5, 5.41) is 9.28. The zero-order chi connectivity index (χ0) is 15.6. The van der Waals surface area contributed by atoms with Crippen molar-refractivity contribution in [1.82, 2.24) is 9.03 Å². The lowest BCUT2D eigenvalue weighted by molar-refractivity contribution is -0.150. The van der Waals surface area contributed by atoms with Gasteiger partial charge in [-0.2, -0.15) is 17.4 Å². The van der Waals surface area contributed by atoms with Crippen LogP contribution in [0.1, 0.15) is 53.4 Å². The molecule has 2 N–H and O–H groups in total. The van der Waals surface area contributed by atoms with Crippen LogP contribution in [0.2, 0.25) is 0 Å². The van der Waals surface area contributed by atoms with E-state index < -0.39 is 27.1 Å². The van der Waals surface area contributed by atoms with Crippen LogP contribution in [0, 0.1) is 5.41 Å². The van der Waals surface area contributed by atoms with Gasteiger partial charge in [0, 0.05) is 18.6 Å². The van der Waals surface area contributed by atoms with Gasteiger partial charge in [0.05, 0.1) is 5.41 Å². The minimum Gasteiger partial charge on any atom is -0.481 e. The molecule has 0 saturated carbocycles. The Labute approximate surface area is 121 Å². The van der Waals surface area contributed by atoms with Crippen molar-refractivity contribution in [2.75, 3.05) is 13.1 Å². The molecule has 0 amide bonds. The summed E-state index contributed by atoms with van der Waals surface area (Å²) in [5.41, 5.74) is -2.28. The molecule has 0 radical (unpaired) electrons. The van der Waals surface area contributed by atoms with Gasteiger partial charge < -0.3 is 5.11 Å². The molecule has 0 aromatic heterocycles. The second-order valence-corrected chi connectivity index (χ2v) is 8.15. The highest BCUT2D eigenvalue weighted by atomic mass is 32.2. The van der Waals surface area contributed by atoms with Crippen LogP contribution < -0.4 is 4.72 Å². The first-order chi connectivity index (χ1) is 9.01. The lowest BCUT2D eigenvalue weighted by atomic mass is 9.75. The van der Waals surface area contributed by atoms with E-state index in [9.17, 15) is 18.3 Å². The van der Waals surface area contributed by atoms with Crippen molar-refractivity contribution in [3.8, 4) is 0 Å². The van der Waals surface area contributed by atoms with Crippen LogP contribution in [0.4, 0.5) is 0 Å². The summed E-state index contributed by atoms with van der Waals surface area (Å²) in [4.78, 5) is 11.3. The van der Waals surface area contributed by atoms with Crippen LogP contribution in [0.15, 0.2) is 0 Å². The molecule has 118 valence electrons. The fraction of sp³-hybridized carbons (Fsp3) is 0.923. The van der Waals surface area contributed by atoms with Gasteiger partial charge in [-0.15, -0.1) is 0 Å². The van der Waals surface area contributed by atoms with Crippen molar-refractivity contribution in [3.63, 3.8) is 0 Å². The third-order valence-corrected chi connectivity index (χ3v) is 6.20. The standard InChI is InChI=1S/C13H26N2O4S/c1-12(2,11(16)17)13(3,4)14-20(18,19)15-9-7-5-6-8-10-15/h14H,5-10H2,1-4H3,(H,16,17). The van der Waals surface area contributed by atoms with E-state index in [0.717, 1.165) is 25.7 Å². The number of rotatable bonds is 5. The number of nitrogens with zero attached hydrogens (tertiary/aromatic N) is 1. The summed E-state index contributed by atoms with van der Waals surface area (Å²) in [5.74, 6) is -1.03. The molecule has 1 saturated heterocycles. The summed E-state index contributed by atoms with van der Waals surface area (Å²) >= 11 is 0. The average molecular weight is 306 g/mol. The van der Waals surface area contributed by atoms with Crippen LogP contribution in [-0.2, 0) is 15.0 Å². The number of carbonyl (C=O) groups is 1. The SMILES string of the molecule is CC(C)(NS(=O)(=O)N1CCCCCC1)C(C)(C)C(=O)O. The third-order valence-electron chi connectivity index (χ3n) is 4.39. The Kier molecular flexibility index (Phi) is 5.21. The van der Waals surface area contributed by atoms with Crippen molar-refractivity contribution >= 4 is 16.2 Å². The molecule has 0 aliphatic carbocycles. The highest BCUT2D eigenvalue weighted by Crippen LogP contribution is 2.32. The van der Waals surface area contributed by atoms with E-state index in [1.54, 1.807) is 13.8 Å². The Morgan fingerprint density at radius 3 is 1.90 bits per heavy atom. The normalized spacial score (nSPS) is 19.6. The van der Waals surface area contributed by atoms with E-state index in [1.807, 2.05) is 0 Å². The molecule has 1 aliphatic rings. The smallest absolute Gasteiger partial charge is 0.310 e. The molecule has 0 spiro atoms. The minimum absolute atomic E-state index is 0.499. The van der Waals surface area contributed by atoms with Gasteiger partial charge in [-0.05, 0) is 40.5 Å². The highest BCUT2D eigenvalue weighted by molar-refractivity contribution is 7.87. The number of aliphatic carboxylic acids is 1. The lowest BCUT2D eigenvalue weighted by Crippen LogP contribution is -2.59. The van der Waals surface area contributed by atoms with E-state index in [-0.39, 0.29) is 0 Å². The molecule has 20 heavy (non-hydrogen) atoms. The fourth-order valence-corrected chi connectivity index (χ4v) is 3.83. The molecule has 6 nitrogen and oxygen atoms in total. The number of carboxylic acid groups (broad SMARTS) is 1. The van der Waals surface area contributed by atoms with Gasteiger partial charge in [-0.3, -0.25) is 4.79 Å². The quantitative estimate of drug-likeness (QED) is 0.807. The van der Waals surface area contributed by atoms with E-state index >= 15 is 0 Å². The number of hydrogen-bond donors (Lipinski definition) is 2. The summed E-state index contributed by atoms with van der Waals surface area (Å²) in [6, 6.07) is 0. The van der Waals surface area contributed by atoms with Crippen molar-refractivity contribution < 1.29 is 18.3 Å². The maximum absolute atomic E-state index is 12.4. The molecule has 1 fully saturated rings. The van der Waals surface area contributed by atoms with Crippen LogP contribution in [-0.4, -0.2) is 42.4 Å². The van der Waals surface area contributed by atoms with Gasteiger partial charge in [0.15, 0.2) is 0 Å². The Morgan fingerprint density at radius 1 is 1.05 bits per heavy atom. The predicted octanol–water partition coefficient (Wildman–Crippen LogP) is 1.59. The Morgan fingerprint density at radius 2 is 1.50 bits per heavy atom. The first-order valence-electron chi connectivity index (χ1n) is 7.03. The molecule has 0 atom stereocenters. The van der Waals surface area contributed by atoms with E-state index in [0.29, 0.717) is 13.1 Å². The maximum Gasteiger partial charge on any atom is 0.310 e. The first kappa shape index (κ1) is 17.4. The zero-order valence-electron chi connectivity index (χ0n) is 12.8. The highest BCUT2D eigenvalue weighted by Gasteiger charge is 2.46. The lowest BCUT2D eigenvalue weighted by Gasteiger charge is -2.39. The van der Waals surface area contributed by atoms with Gasteiger partial charge in [0.25, 0.3) is 10.2 Å². The summed E-state index contributed by atoms with van der Waals surface area (Å²) in [6.45, 7) is 7.27. The minimum atomic E-state index is -3.66. The van der Waals surface area contributed by atoms with Crippen molar-refractivity contribution in [2.45, 2.75) is 58.9 Å². The van der Waals surface area contributed by atoms with Gasteiger partial charge in [-0.1, -0.05) is 12.8 Å². The topological polar surface area (TPSA) is 86.7 Å². The molecule has 1 aliphatic heterocycles. The van der Waals surface area contributed by atoms with Crippen LogP contribution in [0.3, 0.4) is 0 Å². The summed E-state index contributed by atoms with van der Waals surface area (Å²) in [6.07, 6.45) is 3.78.